The van der Waals surface area contributed by atoms with Gasteiger partial charge in [0.15, 0.2) is 0 Å². The van der Waals surface area contributed by atoms with Crippen LogP contribution in [-0.4, -0.2) is 55.2 Å². The molecule has 0 saturated carbocycles. The number of hydrogen-bond acceptors (Lipinski definition) is 4. The third-order valence-corrected chi connectivity index (χ3v) is 7.15. The lowest BCUT2D eigenvalue weighted by Crippen LogP contribution is -2.57. The monoisotopic (exact) mass is 367 g/mol. The summed E-state index contributed by atoms with van der Waals surface area (Å²) >= 11 is 0. The number of nitrogens with zero attached hydrogens (tertiary/aromatic N) is 2. The van der Waals surface area contributed by atoms with Gasteiger partial charge in [-0.25, -0.2) is 8.42 Å². The molecular formula is C18H29N3O3S. The van der Waals surface area contributed by atoms with E-state index >= 15 is 0 Å². The summed E-state index contributed by atoms with van der Waals surface area (Å²) in [6.45, 7) is 12.2. The normalized spacial score (nSPS) is 17.0. The van der Waals surface area contributed by atoms with E-state index in [-0.39, 0.29) is 19.0 Å². The minimum absolute atomic E-state index is 0.150. The third kappa shape index (κ3) is 3.73. The predicted molar refractivity (Wildman–Crippen MR) is 99.0 cm³/mol. The summed E-state index contributed by atoms with van der Waals surface area (Å²) in [5, 5.41) is 0. The number of carbonyl (C=O) groups is 1. The van der Waals surface area contributed by atoms with Crippen molar-refractivity contribution in [2.75, 3.05) is 26.2 Å². The highest BCUT2D eigenvalue weighted by Crippen LogP contribution is 2.29. The maximum absolute atomic E-state index is 13.2. The average molecular weight is 368 g/mol. The summed E-state index contributed by atoms with van der Waals surface area (Å²) in [5.74, 6) is -0.150. The molecule has 1 aliphatic rings. The molecule has 0 bridgehead atoms. The zero-order valence-corrected chi connectivity index (χ0v) is 16.8. The number of amides is 1. The lowest BCUT2D eigenvalue weighted by Gasteiger charge is -2.37. The van der Waals surface area contributed by atoms with Crippen molar-refractivity contribution in [2.24, 2.45) is 5.73 Å². The number of benzene rings is 1. The van der Waals surface area contributed by atoms with Gasteiger partial charge >= 0.3 is 0 Å². The van der Waals surface area contributed by atoms with Crippen LogP contribution in [0, 0.1) is 27.7 Å². The van der Waals surface area contributed by atoms with E-state index < -0.39 is 15.6 Å². The van der Waals surface area contributed by atoms with Crippen LogP contribution < -0.4 is 5.73 Å². The van der Waals surface area contributed by atoms with Crippen LogP contribution in [0.3, 0.4) is 0 Å². The van der Waals surface area contributed by atoms with Crippen molar-refractivity contribution in [3.63, 3.8) is 0 Å². The Morgan fingerprint density at radius 1 is 1.00 bits per heavy atom. The molecular weight excluding hydrogens is 338 g/mol. The first kappa shape index (κ1) is 19.9. The highest BCUT2D eigenvalue weighted by atomic mass is 32.2. The van der Waals surface area contributed by atoms with Gasteiger partial charge < -0.3 is 10.6 Å². The maximum Gasteiger partial charge on any atom is 0.243 e. The molecule has 2 rings (SSSR count). The number of carbonyl (C=O) groups excluding carboxylic acids is 1. The van der Waals surface area contributed by atoms with E-state index in [4.69, 9.17) is 5.73 Å². The molecule has 1 aromatic rings. The molecule has 0 aromatic heterocycles. The summed E-state index contributed by atoms with van der Waals surface area (Å²) in [5.41, 5.74) is 8.47. The Labute approximate surface area is 151 Å². The van der Waals surface area contributed by atoms with Gasteiger partial charge in [-0.1, -0.05) is 6.07 Å². The first-order valence-corrected chi connectivity index (χ1v) is 9.97. The first-order chi connectivity index (χ1) is 11.4. The van der Waals surface area contributed by atoms with Crippen LogP contribution in [0.5, 0.6) is 0 Å². The Morgan fingerprint density at radius 2 is 1.44 bits per heavy atom. The zero-order chi connectivity index (χ0) is 19.2. The van der Waals surface area contributed by atoms with Crippen LogP contribution in [0.2, 0.25) is 0 Å². The number of sulfonamides is 1. The third-order valence-electron chi connectivity index (χ3n) is 4.97. The Kier molecular flexibility index (Phi) is 5.33. The van der Waals surface area contributed by atoms with Gasteiger partial charge in [-0.15, -0.1) is 0 Å². The number of rotatable bonds is 3. The van der Waals surface area contributed by atoms with E-state index in [0.29, 0.717) is 18.0 Å². The van der Waals surface area contributed by atoms with Crippen molar-refractivity contribution in [3.05, 3.63) is 28.3 Å². The van der Waals surface area contributed by atoms with E-state index in [0.717, 1.165) is 22.3 Å². The number of hydrogen-bond donors (Lipinski definition) is 1. The standard InChI is InChI=1S/C18H29N3O3S/c1-12-11-13(2)15(4)16(14(12)3)25(23,24)21-9-7-20(8-10-21)17(22)18(5,6)19/h11H,7-10,19H2,1-6H3. The van der Waals surface area contributed by atoms with Gasteiger partial charge in [-0.05, 0) is 63.8 Å². The molecule has 0 radical (unpaired) electrons. The number of nitrogens with two attached hydrogens (primary N) is 1. The predicted octanol–water partition coefficient (Wildman–Crippen LogP) is 1.49. The topological polar surface area (TPSA) is 83.7 Å². The summed E-state index contributed by atoms with van der Waals surface area (Å²) in [6, 6.07) is 2.02. The van der Waals surface area contributed by atoms with Gasteiger partial charge in [0.2, 0.25) is 15.9 Å². The summed E-state index contributed by atoms with van der Waals surface area (Å²) < 4.78 is 27.9. The van der Waals surface area contributed by atoms with Crippen LogP contribution >= 0.6 is 0 Å². The van der Waals surface area contributed by atoms with Gasteiger partial charge in [-0.2, -0.15) is 4.31 Å². The van der Waals surface area contributed by atoms with Crippen molar-refractivity contribution >= 4 is 15.9 Å². The molecule has 25 heavy (non-hydrogen) atoms. The Bertz CT molecular complexity index is 761. The molecule has 1 aliphatic heterocycles. The molecule has 1 aromatic carbocycles. The molecule has 2 N–H and O–H groups in total. The fourth-order valence-electron chi connectivity index (χ4n) is 3.24. The summed E-state index contributed by atoms with van der Waals surface area (Å²) in [6.07, 6.45) is 0. The second-order valence-electron chi connectivity index (χ2n) is 7.51. The minimum atomic E-state index is -3.59. The second kappa shape index (κ2) is 6.70. The molecule has 140 valence electrons. The van der Waals surface area contributed by atoms with E-state index in [2.05, 4.69) is 0 Å². The fraction of sp³-hybridized carbons (Fsp3) is 0.611. The quantitative estimate of drug-likeness (QED) is 0.877. The van der Waals surface area contributed by atoms with E-state index in [1.54, 1.807) is 18.7 Å². The van der Waals surface area contributed by atoms with E-state index in [9.17, 15) is 13.2 Å². The van der Waals surface area contributed by atoms with Crippen LogP contribution in [0.1, 0.15) is 36.1 Å². The van der Waals surface area contributed by atoms with Crippen LogP contribution in [0.4, 0.5) is 0 Å². The minimum Gasteiger partial charge on any atom is -0.338 e. The Balaban J connectivity index is 2.29. The van der Waals surface area contributed by atoms with Crippen LogP contribution in [0.25, 0.3) is 0 Å². The smallest absolute Gasteiger partial charge is 0.243 e. The van der Waals surface area contributed by atoms with Crippen molar-refractivity contribution in [3.8, 4) is 0 Å². The molecule has 0 spiro atoms. The molecule has 1 amide bonds. The number of aryl methyl sites for hydroxylation is 2. The molecule has 0 unspecified atom stereocenters. The SMILES string of the molecule is Cc1cc(C)c(C)c(S(=O)(=O)N2CCN(C(=O)C(C)(C)N)CC2)c1C. The van der Waals surface area contributed by atoms with Crippen molar-refractivity contribution in [2.45, 2.75) is 52.0 Å². The summed E-state index contributed by atoms with van der Waals surface area (Å²) in [7, 11) is -3.59. The van der Waals surface area contributed by atoms with Gasteiger partial charge in [0, 0.05) is 26.2 Å². The van der Waals surface area contributed by atoms with Gasteiger partial charge in [-0.3, -0.25) is 4.79 Å². The maximum atomic E-state index is 13.2. The van der Waals surface area contributed by atoms with E-state index in [1.165, 1.54) is 4.31 Å². The molecule has 6 nitrogen and oxygen atoms in total. The second-order valence-corrected chi connectivity index (χ2v) is 9.38. The molecule has 1 heterocycles. The van der Waals surface area contributed by atoms with E-state index in [1.807, 2.05) is 33.8 Å². The Morgan fingerprint density at radius 3 is 1.84 bits per heavy atom. The lowest BCUT2D eigenvalue weighted by atomic mass is 10.0. The highest BCUT2D eigenvalue weighted by molar-refractivity contribution is 7.89. The fourth-order valence-corrected chi connectivity index (χ4v) is 5.23. The molecule has 0 atom stereocenters. The number of piperazine rings is 1. The van der Waals surface area contributed by atoms with Crippen LogP contribution in [-0.2, 0) is 14.8 Å². The lowest BCUT2D eigenvalue weighted by molar-refractivity contribution is -0.137. The average Bonchev–Trinajstić information content (AvgIpc) is 2.51. The first-order valence-electron chi connectivity index (χ1n) is 8.53. The van der Waals surface area contributed by atoms with Crippen molar-refractivity contribution < 1.29 is 13.2 Å². The molecule has 0 aliphatic carbocycles. The zero-order valence-electron chi connectivity index (χ0n) is 16.0. The Hall–Kier alpha value is -1.44. The van der Waals surface area contributed by atoms with Crippen molar-refractivity contribution in [1.82, 2.24) is 9.21 Å². The van der Waals surface area contributed by atoms with Gasteiger partial charge in [0.25, 0.3) is 0 Å². The highest BCUT2D eigenvalue weighted by Gasteiger charge is 2.35. The van der Waals surface area contributed by atoms with Crippen LogP contribution in [0.15, 0.2) is 11.0 Å². The van der Waals surface area contributed by atoms with Gasteiger partial charge in [0.1, 0.15) is 0 Å². The van der Waals surface area contributed by atoms with Gasteiger partial charge in [0.05, 0.1) is 10.4 Å². The molecule has 7 heteroatoms. The largest absolute Gasteiger partial charge is 0.338 e. The summed E-state index contributed by atoms with van der Waals surface area (Å²) in [4.78, 5) is 14.3. The molecule has 1 fully saturated rings. The molecule has 1 saturated heterocycles. The van der Waals surface area contributed by atoms with Crippen molar-refractivity contribution in [1.29, 1.82) is 0 Å².